The normalized spacial score (nSPS) is 11.1. The molecule has 1 heterocycles. The number of rotatable bonds is 7. The third kappa shape index (κ3) is 7.69. The van der Waals surface area contributed by atoms with E-state index in [1.165, 1.54) is 14.2 Å². The third-order valence-corrected chi connectivity index (χ3v) is 5.27. The third-order valence-electron chi connectivity index (χ3n) is 4.77. The lowest BCUT2D eigenvalue weighted by Gasteiger charge is -2.17. The van der Waals surface area contributed by atoms with E-state index in [9.17, 15) is 5.11 Å². The average Bonchev–Trinajstić information content (AvgIpc) is 2.80. The molecule has 2 aromatic carbocycles. The number of thiocarbonyl (C=S) groups is 1. The maximum absolute atomic E-state index is 9.48. The van der Waals surface area contributed by atoms with Crippen molar-refractivity contribution < 1.29 is 14.6 Å². The van der Waals surface area contributed by atoms with E-state index in [4.69, 9.17) is 33.3 Å². The predicted molar refractivity (Wildman–Crippen MR) is 143 cm³/mol. The molecule has 0 atom stereocenters. The molecule has 9 nitrogen and oxygen atoms in total. The Balaban J connectivity index is 1.78. The van der Waals surface area contributed by atoms with Crippen molar-refractivity contribution in [2.75, 3.05) is 31.4 Å². The number of guanidine groups is 1. The van der Waals surface area contributed by atoms with Crippen LogP contribution in [0.5, 0.6) is 17.2 Å². The predicted octanol–water partition coefficient (Wildman–Crippen LogP) is 4.47. The molecule has 0 aliphatic rings. The van der Waals surface area contributed by atoms with Crippen molar-refractivity contribution in [2.24, 2.45) is 4.99 Å². The first-order valence-electron chi connectivity index (χ1n) is 10.7. The Bertz CT molecular complexity index is 1200. The molecule has 11 heteroatoms. The molecular weight excluding hydrogens is 488 g/mol. The second-order valence-electron chi connectivity index (χ2n) is 7.51. The van der Waals surface area contributed by atoms with Crippen LogP contribution in [0.3, 0.4) is 0 Å². The summed E-state index contributed by atoms with van der Waals surface area (Å²) in [4.78, 5) is 13.4. The molecule has 0 saturated carbocycles. The van der Waals surface area contributed by atoms with Gasteiger partial charge in [-0.05, 0) is 56.2 Å². The SMILES string of the molecule is COc1cc(NC(=S)NC(=NCCc2ccc(O)cc2)Nc2nc(C)cc(C)n2)c(OC)cc1Cl. The van der Waals surface area contributed by atoms with E-state index in [1.54, 1.807) is 24.3 Å². The molecule has 0 spiro atoms. The van der Waals surface area contributed by atoms with Gasteiger partial charge in [0.2, 0.25) is 11.9 Å². The Labute approximate surface area is 214 Å². The first kappa shape index (κ1) is 26.0. The van der Waals surface area contributed by atoms with Gasteiger partial charge in [0.05, 0.1) is 24.9 Å². The van der Waals surface area contributed by atoms with Crippen LogP contribution in [0.4, 0.5) is 11.6 Å². The second-order valence-corrected chi connectivity index (χ2v) is 8.33. The molecule has 4 N–H and O–H groups in total. The van der Waals surface area contributed by atoms with Crippen LogP contribution >= 0.6 is 23.8 Å². The summed E-state index contributed by atoms with van der Waals surface area (Å²) in [5.41, 5.74) is 3.24. The highest BCUT2D eigenvalue weighted by Crippen LogP contribution is 2.35. The van der Waals surface area contributed by atoms with E-state index < -0.39 is 0 Å². The number of aromatic nitrogens is 2. The second kappa shape index (κ2) is 12.2. The number of ether oxygens (including phenoxy) is 2. The summed E-state index contributed by atoms with van der Waals surface area (Å²) in [7, 11) is 3.07. The Hall–Kier alpha value is -3.63. The van der Waals surface area contributed by atoms with Gasteiger partial charge >= 0.3 is 0 Å². The van der Waals surface area contributed by atoms with Gasteiger partial charge in [0.1, 0.15) is 17.2 Å². The van der Waals surface area contributed by atoms with Gasteiger partial charge in [-0.15, -0.1) is 0 Å². The molecule has 0 radical (unpaired) electrons. The number of halogens is 1. The molecule has 184 valence electrons. The molecule has 0 fully saturated rings. The zero-order valence-electron chi connectivity index (χ0n) is 19.8. The first-order valence-corrected chi connectivity index (χ1v) is 11.5. The fraction of sp³-hybridized carbons (Fsp3) is 0.250. The van der Waals surface area contributed by atoms with Crippen molar-refractivity contribution in [1.29, 1.82) is 0 Å². The molecule has 3 aromatic rings. The fourth-order valence-electron chi connectivity index (χ4n) is 3.18. The number of anilines is 2. The summed E-state index contributed by atoms with van der Waals surface area (Å²) in [6.45, 7) is 4.23. The smallest absolute Gasteiger partial charge is 0.229 e. The number of methoxy groups -OCH3 is 2. The fourth-order valence-corrected chi connectivity index (χ4v) is 3.61. The molecular formula is C24H27ClN6O3S. The van der Waals surface area contributed by atoms with Gasteiger partial charge < -0.3 is 25.2 Å². The van der Waals surface area contributed by atoms with Crippen LogP contribution in [0, 0.1) is 13.8 Å². The number of benzene rings is 2. The van der Waals surface area contributed by atoms with Crippen LogP contribution < -0.4 is 25.4 Å². The number of phenolic OH excluding ortho intramolecular Hbond substituents is 1. The number of hydrogen-bond acceptors (Lipinski definition) is 7. The summed E-state index contributed by atoms with van der Waals surface area (Å²) in [6, 6.07) is 12.2. The highest BCUT2D eigenvalue weighted by molar-refractivity contribution is 7.80. The van der Waals surface area contributed by atoms with E-state index in [2.05, 4.69) is 30.9 Å². The number of aromatic hydroxyl groups is 1. The minimum atomic E-state index is 0.221. The first-order chi connectivity index (χ1) is 16.8. The van der Waals surface area contributed by atoms with Crippen molar-refractivity contribution >= 4 is 46.5 Å². The topological polar surface area (TPSA) is 113 Å². The Morgan fingerprint density at radius 3 is 2.29 bits per heavy atom. The van der Waals surface area contributed by atoms with E-state index in [0.29, 0.717) is 47.1 Å². The van der Waals surface area contributed by atoms with Gasteiger partial charge in [0, 0.05) is 30.1 Å². The standard InChI is InChI=1S/C24H27ClN6O3S/c1-14-11-15(2)28-23(27-14)30-22(26-10-9-16-5-7-17(32)8-6-16)31-24(35)29-19-13-20(33-3)18(25)12-21(19)34-4/h5-8,11-13,32H,9-10H2,1-4H3,(H3,26,27,28,29,30,31,35). The van der Waals surface area contributed by atoms with Crippen molar-refractivity contribution in [3.63, 3.8) is 0 Å². The Morgan fingerprint density at radius 1 is 1.00 bits per heavy atom. The lowest BCUT2D eigenvalue weighted by Crippen LogP contribution is -2.39. The average molecular weight is 515 g/mol. The zero-order chi connectivity index (χ0) is 25.4. The van der Waals surface area contributed by atoms with Crippen molar-refractivity contribution in [3.8, 4) is 17.2 Å². The van der Waals surface area contributed by atoms with Crippen LogP contribution in [0.25, 0.3) is 0 Å². The van der Waals surface area contributed by atoms with Crippen LogP contribution in [-0.2, 0) is 6.42 Å². The number of nitrogens with zero attached hydrogens (tertiary/aromatic N) is 3. The van der Waals surface area contributed by atoms with Crippen molar-refractivity contribution in [1.82, 2.24) is 15.3 Å². The largest absolute Gasteiger partial charge is 0.508 e. The Kier molecular flexibility index (Phi) is 9.04. The van der Waals surface area contributed by atoms with Crippen LogP contribution in [0.2, 0.25) is 5.02 Å². The highest BCUT2D eigenvalue weighted by Gasteiger charge is 2.13. The molecule has 0 saturated heterocycles. The maximum atomic E-state index is 9.48. The van der Waals surface area contributed by atoms with E-state index in [-0.39, 0.29) is 10.9 Å². The molecule has 1 aromatic heterocycles. The molecule has 35 heavy (non-hydrogen) atoms. The van der Waals surface area contributed by atoms with Gasteiger partial charge in [-0.3, -0.25) is 10.3 Å². The summed E-state index contributed by atoms with van der Waals surface area (Å²) >= 11 is 11.7. The van der Waals surface area contributed by atoms with Crippen molar-refractivity contribution in [2.45, 2.75) is 20.3 Å². The molecule has 0 amide bonds. The highest BCUT2D eigenvalue weighted by atomic mass is 35.5. The van der Waals surface area contributed by atoms with Gasteiger partial charge in [0.25, 0.3) is 0 Å². The quantitative estimate of drug-likeness (QED) is 0.206. The number of phenols is 1. The summed E-state index contributed by atoms with van der Waals surface area (Å²) in [5, 5.41) is 19.4. The minimum Gasteiger partial charge on any atom is -0.508 e. The van der Waals surface area contributed by atoms with Gasteiger partial charge in [0.15, 0.2) is 5.11 Å². The molecule has 0 unspecified atom stereocenters. The Morgan fingerprint density at radius 2 is 1.66 bits per heavy atom. The monoisotopic (exact) mass is 514 g/mol. The summed E-state index contributed by atoms with van der Waals surface area (Å²) < 4.78 is 10.7. The van der Waals surface area contributed by atoms with Gasteiger partial charge in [-0.1, -0.05) is 23.7 Å². The van der Waals surface area contributed by atoms with Crippen LogP contribution in [0.1, 0.15) is 17.0 Å². The molecule has 0 aliphatic carbocycles. The molecule has 0 bridgehead atoms. The van der Waals surface area contributed by atoms with E-state index >= 15 is 0 Å². The van der Waals surface area contributed by atoms with Crippen LogP contribution in [-0.4, -0.2) is 46.9 Å². The van der Waals surface area contributed by atoms with E-state index in [0.717, 1.165) is 17.0 Å². The maximum Gasteiger partial charge on any atom is 0.229 e. The van der Waals surface area contributed by atoms with Crippen LogP contribution in [0.15, 0.2) is 47.5 Å². The zero-order valence-corrected chi connectivity index (χ0v) is 21.4. The summed E-state index contributed by atoms with van der Waals surface area (Å²) in [5.74, 6) is 1.95. The number of aryl methyl sites for hydroxylation is 2. The van der Waals surface area contributed by atoms with Gasteiger partial charge in [-0.2, -0.15) is 0 Å². The number of hydrogen-bond donors (Lipinski definition) is 4. The molecule has 3 rings (SSSR count). The van der Waals surface area contributed by atoms with E-state index in [1.807, 2.05) is 32.0 Å². The van der Waals surface area contributed by atoms with Gasteiger partial charge in [-0.25, -0.2) is 9.97 Å². The lowest BCUT2D eigenvalue weighted by molar-refractivity contribution is 0.405. The molecule has 0 aliphatic heterocycles. The lowest BCUT2D eigenvalue weighted by atomic mass is 10.1. The number of aliphatic imine (C=N–C) groups is 1. The summed E-state index contributed by atoms with van der Waals surface area (Å²) in [6.07, 6.45) is 0.656. The van der Waals surface area contributed by atoms with Crippen molar-refractivity contribution in [3.05, 3.63) is 64.4 Å². The minimum absolute atomic E-state index is 0.221. The number of nitrogens with one attached hydrogen (secondary N) is 3.